The van der Waals surface area contributed by atoms with Gasteiger partial charge in [0, 0.05) is 17.1 Å². The first-order valence-electron chi connectivity index (χ1n) is 10.4. The highest BCUT2D eigenvalue weighted by molar-refractivity contribution is 5.93. The average molecular weight is 492 g/mol. The molecule has 0 aliphatic rings. The predicted octanol–water partition coefficient (Wildman–Crippen LogP) is 5.98. The number of hydrogen-bond acceptors (Lipinski definition) is 6. The van der Waals surface area contributed by atoms with Crippen LogP contribution in [0.3, 0.4) is 0 Å². The minimum atomic E-state index is -4.59. The van der Waals surface area contributed by atoms with Gasteiger partial charge < -0.3 is 10.6 Å². The number of anilines is 2. The molecule has 0 radical (unpaired) electrons. The summed E-state index contributed by atoms with van der Waals surface area (Å²) in [4.78, 5) is 16.2. The highest BCUT2D eigenvalue weighted by Gasteiger charge is 2.34. The Morgan fingerprint density at radius 1 is 0.886 bits per heavy atom. The van der Waals surface area contributed by atoms with E-state index in [0.29, 0.717) is 23.3 Å². The molecule has 0 unspecified atom stereocenters. The lowest BCUT2D eigenvalue weighted by Crippen LogP contribution is -2.15. The summed E-state index contributed by atoms with van der Waals surface area (Å²) >= 11 is 0. The minimum absolute atomic E-state index is 0.209. The molecule has 0 spiro atoms. The second kappa shape index (κ2) is 9.45. The van der Waals surface area contributed by atoms with Gasteiger partial charge in [-0.05, 0) is 42.9 Å². The Balaban J connectivity index is 1.78. The molecule has 12 heteroatoms. The van der Waals surface area contributed by atoms with E-state index in [4.69, 9.17) is 0 Å². The molecule has 182 valence electrons. The molecule has 2 N–H and O–H groups in total. The smallest absolute Gasteiger partial charge is 0.338 e. The van der Waals surface area contributed by atoms with Crippen molar-refractivity contribution in [2.45, 2.75) is 25.8 Å². The summed E-state index contributed by atoms with van der Waals surface area (Å²) in [7, 11) is 0. The Morgan fingerprint density at radius 3 is 2.34 bits per heavy atom. The molecule has 0 saturated heterocycles. The summed E-state index contributed by atoms with van der Waals surface area (Å²) in [5.41, 5.74) is -1.36. The standard InChI is InChI=1S/C23H18F6N6/c1-2-30-12-19-34-17-10-13(20-16(22(24,25)26)4-3-9-31-20)5-7-15(17)21(35-19)33-14-6-8-18(32-11-14)23(27,28)29/h3-11,30H,2,12H2,1H3,(H,33,34,35). The van der Waals surface area contributed by atoms with E-state index in [0.717, 1.165) is 18.3 Å². The summed E-state index contributed by atoms with van der Waals surface area (Å²) in [6, 6.07) is 8.69. The molecule has 1 aromatic carbocycles. The van der Waals surface area contributed by atoms with Crippen LogP contribution in [0.5, 0.6) is 0 Å². The fourth-order valence-corrected chi connectivity index (χ4v) is 3.37. The third kappa shape index (κ3) is 5.48. The van der Waals surface area contributed by atoms with Gasteiger partial charge in [-0.3, -0.25) is 4.98 Å². The quantitative estimate of drug-likeness (QED) is 0.323. The lowest BCUT2D eigenvalue weighted by Gasteiger charge is -2.14. The van der Waals surface area contributed by atoms with Crippen molar-refractivity contribution in [3.63, 3.8) is 0 Å². The summed E-state index contributed by atoms with van der Waals surface area (Å²) in [5.74, 6) is 0.615. The molecule has 0 aliphatic heterocycles. The zero-order valence-corrected chi connectivity index (χ0v) is 18.2. The Labute approximate surface area is 195 Å². The number of rotatable bonds is 6. The van der Waals surface area contributed by atoms with Crippen molar-refractivity contribution in [2.24, 2.45) is 0 Å². The van der Waals surface area contributed by atoms with Gasteiger partial charge in [0.1, 0.15) is 17.3 Å². The average Bonchev–Trinajstić information content (AvgIpc) is 2.81. The van der Waals surface area contributed by atoms with Gasteiger partial charge in [0.15, 0.2) is 0 Å². The van der Waals surface area contributed by atoms with Crippen molar-refractivity contribution in [1.82, 2.24) is 25.3 Å². The second-order valence-corrected chi connectivity index (χ2v) is 7.45. The lowest BCUT2D eigenvalue weighted by molar-refractivity contribution is -0.141. The van der Waals surface area contributed by atoms with Gasteiger partial charge in [-0.2, -0.15) is 26.3 Å². The summed E-state index contributed by atoms with van der Waals surface area (Å²) < 4.78 is 79.0. The number of nitrogens with zero attached hydrogens (tertiary/aromatic N) is 4. The molecule has 4 rings (SSSR count). The van der Waals surface area contributed by atoms with Gasteiger partial charge in [0.05, 0.1) is 35.2 Å². The van der Waals surface area contributed by atoms with Crippen LogP contribution in [-0.2, 0) is 18.9 Å². The number of pyridine rings is 2. The molecule has 3 heterocycles. The van der Waals surface area contributed by atoms with E-state index in [2.05, 4.69) is 30.6 Å². The Bertz CT molecular complexity index is 1340. The van der Waals surface area contributed by atoms with Gasteiger partial charge in [0.2, 0.25) is 0 Å². The highest BCUT2D eigenvalue weighted by atomic mass is 19.4. The van der Waals surface area contributed by atoms with Crippen LogP contribution < -0.4 is 10.6 Å². The van der Waals surface area contributed by atoms with E-state index in [-0.39, 0.29) is 29.3 Å². The summed E-state index contributed by atoms with van der Waals surface area (Å²) in [6.45, 7) is 2.77. The van der Waals surface area contributed by atoms with Crippen LogP contribution in [0.2, 0.25) is 0 Å². The van der Waals surface area contributed by atoms with Gasteiger partial charge in [-0.1, -0.05) is 13.0 Å². The lowest BCUT2D eigenvalue weighted by atomic mass is 10.0. The number of benzene rings is 1. The fraction of sp³-hybridized carbons (Fsp3) is 0.217. The van der Waals surface area contributed by atoms with Crippen molar-refractivity contribution >= 4 is 22.4 Å². The Morgan fingerprint density at radius 2 is 1.69 bits per heavy atom. The van der Waals surface area contributed by atoms with Gasteiger partial charge >= 0.3 is 12.4 Å². The van der Waals surface area contributed by atoms with Crippen molar-refractivity contribution in [2.75, 3.05) is 11.9 Å². The monoisotopic (exact) mass is 492 g/mol. The van der Waals surface area contributed by atoms with Crippen LogP contribution in [0.4, 0.5) is 37.8 Å². The number of halogens is 6. The zero-order valence-electron chi connectivity index (χ0n) is 18.2. The van der Waals surface area contributed by atoms with E-state index < -0.39 is 23.6 Å². The number of hydrogen-bond donors (Lipinski definition) is 2. The molecule has 0 fully saturated rings. The van der Waals surface area contributed by atoms with Gasteiger partial charge in [-0.15, -0.1) is 0 Å². The largest absolute Gasteiger partial charge is 0.433 e. The zero-order chi connectivity index (χ0) is 25.2. The van der Waals surface area contributed by atoms with Crippen LogP contribution in [0.25, 0.3) is 22.2 Å². The minimum Gasteiger partial charge on any atom is -0.338 e. The maximum atomic E-state index is 13.5. The molecule has 35 heavy (non-hydrogen) atoms. The SMILES string of the molecule is CCNCc1nc(Nc2ccc(C(F)(F)F)nc2)c2ccc(-c3ncccc3C(F)(F)F)cc2n1. The van der Waals surface area contributed by atoms with Crippen molar-refractivity contribution in [3.8, 4) is 11.3 Å². The van der Waals surface area contributed by atoms with Crippen LogP contribution in [0, 0.1) is 0 Å². The molecule has 0 aliphatic carbocycles. The van der Waals surface area contributed by atoms with Crippen LogP contribution in [-0.4, -0.2) is 26.5 Å². The maximum Gasteiger partial charge on any atom is 0.433 e. The Hall–Kier alpha value is -3.80. The molecular formula is C23H18F6N6. The third-order valence-corrected chi connectivity index (χ3v) is 4.98. The molecule has 6 nitrogen and oxygen atoms in total. The number of alkyl halides is 6. The van der Waals surface area contributed by atoms with Crippen molar-refractivity contribution < 1.29 is 26.3 Å². The molecule has 0 amide bonds. The van der Waals surface area contributed by atoms with Gasteiger partial charge in [-0.25, -0.2) is 15.0 Å². The molecule has 4 aromatic rings. The first-order chi connectivity index (χ1) is 16.6. The van der Waals surface area contributed by atoms with Crippen molar-refractivity contribution in [3.05, 3.63) is 71.9 Å². The molecular weight excluding hydrogens is 474 g/mol. The van der Waals surface area contributed by atoms with E-state index >= 15 is 0 Å². The van der Waals surface area contributed by atoms with E-state index in [1.807, 2.05) is 6.92 Å². The normalized spacial score (nSPS) is 12.2. The Kier molecular flexibility index (Phi) is 6.57. The number of fused-ring (bicyclic) bond motifs is 1. The molecule has 0 bridgehead atoms. The maximum absolute atomic E-state index is 13.5. The predicted molar refractivity (Wildman–Crippen MR) is 118 cm³/mol. The summed E-state index contributed by atoms with van der Waals surface area (Å²) in [5, 5.41) is 6.46. The van der Waals surface area contributed by atoms with Crippen LogP contribution >= 0.6 is 0 Å². The third-order valence-electron chi connectivity index (χ3n) is 4.98. The van der Waals surface area contributed by atoms with Gasteiger partial charge in [0.25, 0.3) is 0 Å². The fourth-order valence-electron chi connectivity index (χ4n) is 3.37. The first-order valence-corrected chi connectivity index (χ1v) is 10.4. The van der Waals surface area contributed by atoms with Crippen molar-refractivity contribution in [1.29, 1.82) is 0 Å². The number of nitrogens with one attached hydrogen (secondary N) is 2. The summed E-state index contributed by atoms with van der Waals surface area (Å²) in [6.07, 6.45) is -6.87. The molecule has 3 aromatic heterocycles. The van der Waals surface area contributed by atoms with E-state index in [1.165, 1.54) is 36.5 Å². The van der Waals surface area contributed by atoms with Crippen LogP contribution in [0.1, 0.15) is 24.0 Å². The van der Waals surface area contributed by atoms with Crippen LogP contribution in [0.15, 0.2) is 54.9 Å². The first kappa shape index (κ1) is 24.3. The topological polar surface area (TPSA) is 75.6 Å². The highest BCUT2D eigenvalue weighted by Crippen LogP contribution is 2.37. The molecule has 0 atom stereocenters. The van der Waals surface area contributed by atoms with E-state index in [1.54, 1.807) is 0 Å². The van der Waals surface area contributed by atoms with E-state index in [9.17, 15) is 26.3 Å². The number of aromatic nitrogens is 4. The molecule has 0 saturated carbocycles. The second-order valence-electron chi connectivity index (χ2n) is 7.45.